The first kappa shape index (κ1) is 21.5. The van der Waals surface area contributed by atoms with Crippen LogP contribution in [0.1, 0.15) is 40.5 Å². The molecular formula is C18H31NO5Si. The summed E-state index contributed by atoms with van der Waals surface area (Å²) in [6, 6.07) is 0.0862. The van der Waals surface area contributed by atoms with Gasteiger partial charge < -0.3 is 19.2 Å². The van der Waals surface area contributed by atoms with Crippen LogP contribution in [0.3, 0.4) is 0 Å². The van der Waals surface area contributed by atoms with E-state index in [9.17, 15) is 9.59 Å². The lowest BCUT2D eigenvalue weighted by atomic mass is 9.83. The van der Waals surface area contributed by atoms with E-state index >= 15 is 0 Å². The topological polar surface area (TPSA) is 73.9 Å². The third-order valence-electron chi connectivity index (χ3n) is 4.99. The third-order valence-corrected chi connectivity index (χ3v) is 9.56. The molecule has 1 heterocycles. The Balaban J connectivity index is 2.46. The Morgan fingerprint density at radius 2 is 1.96 bits per heavy atom. The number of nitrogens with one attached hydrogen (secondary N) is 1. The molecular weight excluding hydrogens is 338 g/mol. The molecule has 7 heteroatoms. The second-order valence-corrected chi connectivity index (χ2v) is 12.6. The molecule has 6 nitrogen and oxygen atoms in total. The van der Waals surface area contributed by atoms with Crippen LogP contribution in [0.5, 0.6) is 0 Å². The first-order chi connectivity index (χ1) is 11.5. The molecule has 1 N–H and O–H groups in total. The van der Waals surface area contributed by atoms with E-state index in [0.717, 1.165) is 6.42 Å². The molecule has 1 aliphatic heterocycles. The van der Waals surface area contributed by atoms with Gasteiger partial charge in [-0.05, 0) is 31.5 Å². The monoisotopic (exact) mass is 369 g/mol. The molecule has 0 aliphatic carbocycles. The van der Waals surface area contributed by atoms with Gasteiger partial charge >= 0.3 is 6.16 Å². The van der Waals surface area contributed by atoms with Crippen molar-refractivity contribution < 1.29 is 23.5 Å². The molecule has 3 atom stereocenters. The molecule has 0 aromatic carbocycles. The summed E-state index contributed by atoms with van der Waals surface area (Å²) in [5.41, 5.74) is 0. The van der Waals surface area contributed by atoms with Gasteiger partial charge in [0.2, 0.25) is 5.91 Å². The van der Waals surface area contributed by atoms with Gasteiger partial charge in [-0.25, -0.2) is 4.79 Å². The largest absolute Gasteiger partial charge is 0.508 e. The van der Waals surface area contributed by atoms with Gasteiger partial charge in [-0.15, -0.1) is 0 Å². The molecule has 1 rings (SSSR count). The number of methoxy groups -OCH3 is 1. The Labute approximate surface area is 152 Å². The molecule has 0 bridgehead atoms. The number of carbonyl (C=O) groups is 2. The van der Waals surface area contributed by atoms with E-state index in [0.29, 0.717) is 6.42 Å². The maximum atomic E-state index is 12.0. The molecule has 0 radical (unpaired) electrons. The average molecular weight is 370 g/mol. The lowest BCUT2D eigenvalue weighted by molar-refractivity contribution is -0.140. The van der Waals surface area contributed by atoms with Crippen LogP contribution in [0, 0.1) is 17.8 Å². The number of ether oxygens (including phenoxy) is 2. The summed E-state index contributed by atoms with van der Waals surface area (Å²) < 4.78 is 15.4. The van der Waals surface area contributed by atoms with Crippen LogP contribution in [0.2, 0.25) is 18.1 Å². The third kappa shape index (κ3) is 6.05. The van der Waals surface area contributed by atoms with Gasteiger partial charge in [0.25, 0.3) is 0 Å². The number of rotatable bonds is 6. The molecule has 1 fully saturated rings. The fraction of sp³-hybridized carbons (Fsp3) is 0.778. The molecule has 0 aromatic rings. The standard InChI is InChI=1S/C18H31NO5Si/c1-13(24-25(6,7)18(2,3)4)15-14(19-16(15)20)11-9-8-10-12-23-17(21)22-5/h13-15H,9,11-12H2,1-7H3,(H,19,20)/t13-,14-,15-/m1/s1. The minimum absolute atomic E-state index is 0.0119. The zero-order chi connectivity index (χ0) is 19.3. The fourth-order valence-corrected chi connectivity index (χ4v) is 3.91. The van der Waals surface area contributed by atoms with Gasteiger partial charge in [-0.1, -0.05) is 32.6 Å². The van der Waals surface area contributed by atoms with Gasteiger partial charge in [0.1, 0.15) is 0 Å². The Hall–Kier alpha value is -1.52. The minimum Gasteiger partial charge on any atom is -0.438 e. The van der Waals surface area contributed by atoms with Crippen LogP contribution in [0.25, 0.3) is 0 Å². The summed E-state index contributed by atoms with van der Waals surface area (Å²) >= 11 is 0. The van der Waals surface area contributed by atoms with Crippen LogP contribution < -0.4 is 5.32 Å². The van der Waals surface area contributed by atoms with E-state index in [4.69, 9.17) is 4.43 Å². The highest BCUT2D eigenvalue weighted by molar-refractivity contribution is 6.74. The summed E-state index contributed by atoms with van der Waals surface area (Å²) in [5.74, 6) is 5.63. The number of hydrogen-bond donors (Lipinski definition) is 1. The first-order valence-electron chi connectivity index (χ1n) is 8.64. The van der Waals surface area contributed by atoms with E-state index in [1.54, 1.807) is 0 Å². The number of carbonyl (C=O) groups excluding carboxylic acids is 2. The van der Waals surface area contributed by atoms with Crippen molar-refractivity contribution in [1.82, 2.24) is 5.32 Å². The summed E-state index contributed by atoms with van der Waals surface area (Å²) in [5, 5.41) is 3.05. The highest BCUT2D eigenvalue weighted by Crippen LogP contribution is 2.39. The molecule has 142 valence electrons. The molecule has 0 aromatic heterocycles. The summed E-state index contributed by atoms with van der Waals surface area (Å²) in [6.45, 7) is 13.0. The smallest absolute Gasteiger partial charge is 0.438 e. The maximum Gasteiger partial charge on any atom is 0.508 e. The lowest BCUT2D eigenvalue weighted by Crippen LogP contribution is -2.63. The van der Waals surface area contributed by atoms with Crippen LogP contribution in [0.4, 0.5) is 4.79 Å². The van der Waals surface area contributed by atoms with E-state index in [-0.39, 0.29) is 35.6 Å². The zero-order valence-electron chi connectivity index (χ0n) is 16.4. The van der Waals surface area contributed by atoms with Crippen LogP contribution >= 0.6 is 0 Å². The summed E-state index contributed by atoms with van der Waals surface area (Å²) in [4.78, 5) is 22.8. The Kier molecular flexibility index (Phi) is 7.51. The van der Waals surface area contributed by atoms with Crippen molar-refractivity contribution in [1.29, 1.82) is 0 Å². The fourth-order valence-electron chi connectivity index (χ4n) is 2.48. The van der Waals surface area contributed by atoms with Gasteiger partial charge in [0.05, 0.1) is 19.1 Å². The molecule has 25 heavy (non-hydrogen) atoms. The van der Waals surface area contributed by atoms with Gasteiger partial charge in [0, 0.05) is 12.5 Å². The van der Waals surface area contributed by atoms with E-state index < -0.39 is 14.5 Å². The van der Waals surface area contributed by atoms with Crippen LogP contribution in [0.15, 0.2) is 0 Å². The van der Waals surface area contributed by atoms with Crippen LogP contribution in [-0.2, 0) is 18.7 Å². The van der Waals surface area contributed by atoms with Crippen molar-refractivity contribution in [2.75, 3.05) is 13.7 Å². The second kappa shape index (κ2) is 8.72. The minimum atomic E-state index is -1.90. The molecule has 0 spiro atoms. The van der Waals surface area contributed by atoms with Crippen molar-refractivity contribution in [2.24, 2.45) is 5.92 Å². The van der Waals surface area contributed by atoms with Gasteiger partial charge in [-0.3, -0.25) is 4.79 Å². The van der Waals surface area contributed by atoms with E-state index in [2.05, 4.69) is 60.5 Å². The van der Waals surface area contributed by atoms with Crippen molar-refractivity contribution in [2.45, 2.75) is 70.8 Å². The molecule has 1 saturated heterocycles. The molecule has 1 aliphatic rings. The predicted molar refractivity (Wildman–Crippen MR) is 98.5 cm³/mol. The highest BCUT2D eigenvalue weighted by Gasteiger charge is 2.46. The van der Waals surface area contributed by atoms with Crippen molar-refractivity contribution in [3.05, 3.63) is 0 Å². The number of β-lactam (4-membered cyclic amide) rings is 1. The Bertz CT molecular complexity index is 544. The Morgan fingerprint density at radius 1 is 1.32 bits per heavy atom. The normalized spacial score (nSPS) is 21.3. The molecule has 0 saturated carbocycles. The van der Waals surface area contributed by atoms with Crippen molar-refractivity contribution >= 4 is 20.4 Å². The Morgan fingerprint density at radius 3 is 2.48 bits per heavy atom. The summed E-state index contributed by atoms with van der Waals surface area (Å²) in [6.07, 6.45) is 0.540. The molecule has 0 unspecified atom stereocenters. The molecule has 1 amide bonds. The number of hydrogen-bond acceptors (Lipinski definition) is 5. The zero-order valence-corrected chi connectivity index (χ0v) is 17.4. The van der Waals surface area contributed by atoms with Crippen molar-refractivity contribution in [3.8, 4) is 11.8 Å². The summed E-state index contributed by atoms with van der Waals surface area (Å²) in [7, 11) is -0.652. The SMILES string of the molecule is COC(=O)OCC#CCC[C@H]1NC(=O)[C@@H]1[C@@H](C)O[Si](C)(C)C(C)(C)C. The van der Waals surface area contributed by atoms with E-state index in [1.807, 2.05) is 6.92 Å². The number of amides is 1. The quantitative estimate of drug-likeness (QED) is 0.337. The first-order valence-corrected chi connectivity index (χ1v) is 11.5. The van der Waals surface area contributed by atoms with Crippen molar-refractivity contribution in [3.63, 3.8) is 0 Å². The highest BCUT2D eigenvalue weighted by atomic mass is 28.4. The average Bonchev–Trinajstić information content (AvgIpc) is 2.46. The van der Waals surface area contributed by atoms with Gasteiger partial charge in [-0.2, -0.15) is 0 Å². The van der Waals surface area contributed by atoms with E-state index in [1.165, 1.54) is 7.11 Å². The maximum absolute atomic E-state index is 12.0. The van der Waals surface area contributed by atoms with Crippen LogP contribution in [-0.4, -0.2) is 46.2 Å². The van der Waals surface area contributed by atoms with Gasteiger partial charge in [0.15, 0.2) is 14.9 Å². The predicted octanol–water partition coefficient (Wildman–Crippen LogP) is 3.08. The lowest BCUT2D eigenvalue weighted by Gasteiger charge is -2.45. The second-order valence-electron chi connectivity index (χ2n) is 7.86.